The van der Waals surface area contributed by atoms with Gasteiger partial charge in [0.2, 0.25) is 11.8 Å². The van der Waals surface area contributed by atoms with Crippen LogP contribution < -0.4 is 26.0 Å². The molecule has 3 aromatic rings. The number of hydrogen-bond donors (Lipinski definition) is 4. The summed E-state index contributed by atoms with van der Waals surface area (Å²) in [5.41, 5.74) is 3.47. The van der Waals surface area contributed by atoms with Crippen LogP contribution in [-0.2, 0) is 23.9 Å². The summed E-state index contributed by atoms with van der Waals surface area (Å²) in [5, 5.41) is 11.4. The quantitative estimate of drug-likeness (QED) is 0.223. The summed E-state index contributed by atoms with van der Waals surface area (Å²) in [7, 11) is 1.59. The molecular formula is C30H32N4O6S. The lowest BCUT2D eigenvalue weighted by Crippen LogP contribution is -2.46. The Morgan fingerprint density at radius 3 is 2.66 bits per heavy atom. The maximum atomic E-state index is 12.8. The van der Waals surface area contributed by atoms with E-state index in [4.69, 9.17) is 14.2 Å². The summed E-state index contributed by atoms with van der Waals surface area (Å²) < 4.78 is 16.7. The second-order valence-electron chi connectivity index (χ2n) is 9.68. The van der Waals surface area contributed by atoms with Gasteiger partial charge in [-0.1, -0.05) is 42.1 Å². The number of methoxy groups -OCH3 is 1. The van der Waals surface area contributed by atoms with Crippen molar-refractivity contribution >= 4 is 46.5 Å². The number of amides is 3. The molecule has 0 bridgehead atoms. The lowest BCUT2D eigenvalue weighted by molar-refractivity contribution is -0.128. The van der Waals surface area contributed by atoms with Crippen molar-refractivity contribution in [1.82, 2.24) is 10.6 Å². The average molecular weight is 577 g/mol. The lowest BCUT2D eigenvalue weighted by Gasteiger charge is -2.21. The molecule has 2 heterocycles. The number of fused-ring (bicyclic) bond motifs is 2. The summed E-state index contributed by atoms with van der Waals surface area (Å²) in [6.45, 7) is 1.62. The molecule has 0 spiro atoms. The van der Waals surface area contributed by atoms with Crippen LogP contribution in [0, 0.1) is 0 Å². The second kappa shape index (κ2) is 13.1. The fraction of sp³-hybridized carbons (Fsp3) is 0.300. The molecule has 3 atom stereocenters. The van der Waals surface area contributed by atoms with Gasteiger partial charge in [0.15, 0.2) is 12.9 Å². The van der Waals surface area contributed by atoms with E-state index in [1.165, 1.54) is 0 Å². The Morgan fingerprint density at radius 1 is 1.02 bits per heavy atom. The fourth-order valence-electron chi connectivity index (χ4n) is 4.72. The highest BCUT2D eigenvalue weighted by molar-refractivity contribution is 7.99. The second-order valence-corrected chi connectivity index (χ2v) is 10.8. The van der Waals surface area contributed by atoms with Crippen molar-refractivity contribution in [2.24, 2.45) is 0 Å². The highest BCUT2D eigenvalue weighted by atomic mass is 32.2. The molecule has 1 fully saturated rings. The van der Waals surface area contributed by atoms with Crippen molar-refractivity contribution in [2.45, 2.75) is 41.4 Å². The summed E-state index contributed by atoms with van der Waals surface area (Å²) in [4.78, 5) is 39.8. The SMILES string of the molecule is COC1OCC[C@H]1c1ccccc1NC(=O)C(C)NC(=O)CNC(=O)COc1ccc2c(c1)Nc1ccccc1S2. The number of carbonyl (C=O) groups excluding carboxylic acids is 3. The summed E-state index contributed by atoms with van der Waals surface area (Å²) in [6, 6.07) is 20.2. The Bertz CT molecular complexity index is 1430. The van der Waals surface area contributed by atoms with E-state index in [1.54, 1.807) is 31.9 Å². The van der Waals surface area contributed by atoms with Crippen LogP contribution in [0.4, 0.5) is 17.1 Å². The first-order valence-electron chi connectivity index (χ1n) is 13.3. The first-order chi connectivity index (χ1) is 19.9. The van der Waals surface area contributed by atoms with Crippen LogP contribution in [0.25, 0.3) is 0 Å². The van der Waals surface area contributed by atoms with Crippen molar-refractivity contribution in [3.05, 3.63) is 72.3 Å². The number of para-hydroxylation sites is 2. The van der Waals surface area contributed by atoms with E-state index in [0.29, 0.717) is 18.0 Å². The normalized spacial score (nSPS) is 17.8. The third-order valence-electron chi connectivity index (χ3n) is 6.80. The highest BCUT2D eigenvalue weighted by Crippen LogP contribution is 2.45. The zero-order valence-corrected chi connectivity index (χ0v) is 23.6. The molecule has 3 aromatic carbocycles. The molecule has 0 aromatic heterocycles. The predicted molar refractivity (Wildman–Crippen MR) is 156 cm³/mol. The smallest absolute Gasteiger partial charge is 0.258 e. The van der Waals surface area contributed by atoms with Gasteiger partial charge < -0.3 is 35.5 Å². The van der Waals surface area contributed by atoms with Crippen LogP contribution in [0.2, 0.25) is 0 Å². The molecule has 0 radical (unpaired) electrons. The van der Waals surface area contributed by atoms with E-state index < -0.39 is 17.9 Å². The number of nitrogens with one attached hydrogen (secondary N) is 4. The lowest BCUT2D eigenvalue weighted by atomic mass is 9.95. The van der Waals surface area contributed by atoms with Crippen LogP contribution in [-0.4, -0.2) is 56.9 Å². The first kappa shape index (κ1) is 28.5. The van der Waals surface area contributed by atoms with E-state index in [0.717, 1.165) is 33.2 Å². The minimum atomic E-state index is -0.826. The van der Waals surface area contributed by atoms with Crippen molar-refractivity contribution in [3.63, 3.8) is 0 Å². The average Bonchev–Trinajstić information content (AvgIpc) is 3.47. The number of rotatable bonds is 10. The first-order valence-corrected chi connectivity index (χ1v) is 14.1. The maximum Gasteiger partial charge on any atom is 0.258 e. The van der Waals surface area contributed by atoms with Gasteiger partial charge in [-0.15, -0.1) is 0 Å². The Kier molecular flexibility index (Phi) is 9.07. The number of ether oxygens (including phenoxy) is 3. The molecule has 41 heavy (non-hydrogen) atoms. The number of hydrogen-bond acceptors (Lipinski definition) is 8. The Balaban J connectivity index is 1.06. The van der Waals surface area contributed by atoms with Gasteiger partial charge in [-0.25, -0.2) is 0 Å². The van der Waals surface area contributed by atoms with E-state index in [-0.39, 0.29) is 31.3 Å². The van der Waals surface area contributed by atoms with Crippen molar-refractivity contribution in [1.29, 1.82) is 0 Å². The van der Waals surface area contributed by atoms with E-state index in [9.17, 15) is 14.4 Å². The van der Waals surface area contributed by atoms with Crippen LogP contribution in [0.15, 0.2) is 76.5 Å². The molecule has 5 rings (SSSR count). The molecule has 11 heteroatoms. The molecule has 3 amide bonds. The Hall–Kier alpha value is -4.06. The molecule has 0 aliphatic carbocycles. The van der Waals surface area contributed by atoms with E-state index >= 15 is 0 Å². The molecule has 1 saturated heterocycles. The topological polar surface area (TPSA) is 127 Å². The number of benzene rings is 3. The summed E-state index contributed by atoms with van der Waals surface area (Å²) in [6.07, 6.45) is 0.399. The van der Waals surface area contributed by atoms with Gasteiger partial charge in [0.05, 0.1) is 24.5 Å². The molecule has 2 unspecified atom stereocenters. The fourth-order valence-corrected chi connectivity index (χ4v) is 5.69. The van der Waals surface area contributed by atoms with Gasteiger partial charge in [-0.05, 0) is 49.2 Å². The summed E-state index contributed by atoms with van der Waals surface area (Å²) >= 11 is 1.66. The number of anilines is 3. The van der Waals surface area contributed by atoms with Crippen molar-refractivity contribution in [3.8, 4) is 5.75 Å². The molecule has 214 valence electrons. The van der Waals surface area contributed by atoms with Gasteiger partial charge >= 0.3 is 0 Å². The van der Waals surface area contributed by atoms with Gasteiger partial charge in [0.25, 0.3) is 5.91 Å². The standard InChI is InChI=1S/C30H32N4O6S/c1-18(29(37)34-22-8-4-3-7-20(22)21-13-14-39-30(21)38-2)32-27(35)16-31-28(36)17-40-19-11-12-26-24(15-19)33-23-9-5-6-10-25(23)41-26/h3-12,15,18,21,30,33H,13-14,16-17H2,1-2H3,(H,31,36)(H,32,35)(H,34,37)/t18?,21-,30?/m0/s1. The van der Waals surface area contributed by atoms with Gasteiger partial charge in [-0.2, -0.15) is 0 Å². The highest BCUT2D eigenvalue weighted by Gasteiger charge is 2.31. The zero-order valence-electron chi connectivity index (χ0n) is 22.8. The Morgan fingerprint density at radius 2 is 1.80 bits per heavy atom. The van der Waals surface area contributed by atoms with Gasteiger partial charge in [0.1, 0.15) is 11.8 Å². The third-order valence-corrected chi connectivity index (χ3v) is 7.96. The predicted octanol–water partition coefficient (Wildman–Crippen LogP) is 4.01. The largest absolute Gasteiger partial charge is 0.484 e. The van der Waals surface area contributed by atoms with Gasteiger partial charge in [-0.3, -0.25) is 14.4 Å². The summed E-state index contributed by atoms with van der Waals surface area (Å²) in [5.74, 6) is -0.806. The molecule has 0 saturated carbocycles. The molecule has 2 aliphatic rings. The minimum Gasteiger partial charge on any atom is -0.484 e. The molecular weight excluding hydrogens is 544 g/mol. The third kappa shape index (κ3) is 6.99. The van der Waals surface area contributed by atoms with Crippen LogP contribution in [0.3, 0.4) is 0 Å². The van der Waals surface area contributed by atoms with E-state index in [1.807, 2.05) is 54.6 Å². The Labute approximate surface area is 242 Å². The van der Waals surface area contributed by atoms with E-state index in [2.05, 4.69) is 27.3 Å². The van der Waals surface area contributed by atoms with Crippen LogP contribution in [0.5, 0.6) is 5.75 Å². The molecule has 10 nitrogen and oxygen atoms in total. The zero-order chi connectivity index (χ0) is 28.8. The van der Waals surface area contributed by atoms with Crippen LogP contribution in [0.1, 0.15) is 24.8 Å². The van der Waals surface area contributed by atoms with Crippen molar-refractivity contribution < 1.29 is 28.6 Å². The molecule has 4 N–H and O–H groups in total. The number of carbonyl (C=O) groups is 3. The van der Waals surface area contributed by atoms with Crippen molar-refractivity contribution in [2.75, 3.05) is 37.5 Å². The van der Waals surface area contributed by atoms with Gasteiger partial charge in [0, 0.05) is 34.6 Å². The molecule has 2 aliphatic heterocycles. The van der Waals surface area contributed by atoms with Crippen LogP contribution >= 0.6 is 11.8 Å². The monoisotopic (exact) mass is 576 g/mol. The maximum absolute atomic E-state index is 12.8. The minimum absolute atomic E-state index is 0.00740.